The highest BCUT2D eigenvalue weighted by atomic mass is 32.2. The van der Waals surface area contributed by atoms with Gasteiger partial charge in [0.05, 0.1) is 4.90 Å². The molecule has 0 aromatic heterocycles. The second-order valence-electron chi connectivity index (χ2n) is 3.59. The second kappa shape index (κ2) is 2.82. The van der Waals surface area contributed by atoms with Gasteiger partial charge in [0, 0.05) is 10.9 Å². The molecule has 0 spiro atoms. The van der Waals surface area contributed by atoms with Crippen LogP contribution in [-0.2, 0) is 10.0 Å². The first-order chi connectivity index (χ1) is 7.59. The summed E-state index contributed by atoms with van der Waals surface area (Å²) in [7, 11) is -3.70. The molecular weight excluding hydrogens is 226 g/mol. The van der Waals surface area contributed by atoms with Gasteiger partial charge in [0.15, 0.2) is 0 Å². The van der Waals surface area contributed by atoms with E-state index in [9.17, 15) is 13.2 Å². The minimum atomic E-state index is -3.70. The van der Waals surface area contributed by atoms with Gasteiger partial charge >= 0.3 is 0 Å². The molecule has 1 heterocycles. The first-order valence-corrected chi connectivity index (χ1v) is 6.17. The fourth-order valence-corrected chi connectivity index (χ4v) is 3.17. The molecule has 2 aromatic rings. The highest BCUT2D eigenvalue weighted by molar-refractivity contribution is 7.90. The Morgan fingerprint density at radius 3 is 2.44 bits per heavy atom. The van der Waals surface area contributed by atoms with E-state index in [0.29, 0.717) is 10.9 Å². The number of nitrogens with one attached hydrogen (secondary N) is 1. The number of amides is 1. The molecule has 0 saturated carbocycles. The summed E-state index contributed by atoms with van der Waals surface area (Å²) in [4.78, 5) is 11.8. The van der Waals surface area contributed by atoms with E-state index >= 15 is 0 Å². The molecule has 0 bridgehead atoms. The SMILES string of the molecule is O=C1NS(=O)(=O)c2cccc3cccc1c23. The third-order valence-electron chi connectivity index (χ3n) is 2.63. The van der Waals surface area contributed by atoms with Crippen molar-refractivity contribution in [1.82, 2.24) is 4.72 Å². The molecule has 3 rings (SSSR count). The van der Waals surface area contributed by atoms with Crippen molar-refractivity contribution in [2.45, 2.75) is 4.90 Å². The Kier molecular flexibility index (Phi) is 1.65. The van der Waals surface area contributed by atoms with Crippen molar-refractivity contribution in [2.75, 3.05) is 0 Å². The topological polar surface area (TPSA) is 63.2 Å². The van der Waals surface area contributed by atoms with E-state index in [0.717, 1.165) is 5.39 Å². The molecular formula is C11H7NO3S. The van der Waals surface area contributed by atoms with Crippen molar-refractivity contribution in [1.29, 1.82) is 0 Å². The van der Waals surface area contributed by atoms with Crippen LogP contribution in [0.4, 0.5) is 0 Å². The van der Waals surface area contributed by atoms with Gasteiger partial charge < -0.3 is 0 Å². The largest absolute Gasteiger partial charge is 0.268 e. The van der Waals surface area contributed by atoms with Gasteiger partial charge in [0.2, 0.25) is 0 Å². The van der Waals surface area contributed by atoms with Crippen LogP contribution < -0.4 is 4.72 Å². The molecule has 0 unspecified atom stereocenters. The quantitative estimate of drug-likeness (QED) is 0.745. The van der Waals surface area contributed by atoms with Crippen molar-refractivity contribution in [2.24, 2.45) is 0 Å². The molecule has 5 heteroatoms. The fraction of sp³-hybridized carbons (Fsp3) is 0. The minimum Gasteiger partial charge on any atom is -0.268 e. The highest BCUT2D eigenvalue weighted by Gasteiger charge is 2.28. The number of hydrogen-bond donors (Lipinski definition) is 1. The molecule has 80 valence electrons. The molecule has 0 radical (unpaired) electrons. The normalized spacial score (nSPS) is 17.1. The zero-order valence-corrected chi connectivity index (χ0v) is 8.91. The van der Waals surface area contributed by atoms with Crippen LogP contribution in [0.25, 0.3) is 10.8 Å². The predicted octanol–water partition coefficient (Wildman–Crippen LogP) is 1.27. The Bertz CT molecular complexity index is 714. The lowest BCUT2D eigenvalue weighted by molar-refractivity contribution is 0.0981. The van der Waals surface area contributed by atoms with Gasteiger partial charge in [0.25, 0.3) is 15.9 Å². The lowest BCUT2D eigenvalue weighted by Gasteiger charge is -2.17. The molecule has 1 amide bonds. The first-order valence-electron chi connectivity index (χ1n) is 4.68. The zero-order chi connectivity index (χ0) is 11.3. The van der Waals surface area contributed by atoms with Crippen LogP contribution in [0, 0.1) is 0 Å². The summed E-state index contributed by atoms with van der Waals surface area (Å²) in [5.74, 6) is -0.565. The summed E-state index contributed by atoms with van der Waals surface area (Å²) < 4.78 is 25.5. The van der Waals surface area contributed by atoms with Crippen LogP contribution >= 0.6 is 0 Å². The van der Waals surface area contributed by atoms with E-state index in [1.165, 1.54) is 6.07 Å². The van der Waals surface area contributed by atoms with E-state index in [1.54, 1.807) is 30.3 Å². The van der Waals surface area contributed by atoms with E-state index in [-0.39, 0.29) is 4.90 Å². The van der Waals surface area contributed by atoms with Crippen LogP contribution in [-0.4, -0.2) is 14.3 Å². The summed E-state index contributed by atoms with van der Waals surface area (Å²) in [5.41, 5.74) is 0.405. The molecule has 1 aliphatic heterocycles. The van der Waals surface area contributed by atoms with Crippen LogP contribution in [0.3, 0.4) is 0 Å². The van der Waals surface area contributed by atoms with Crippen molar-refractivity contribution >= 4 is 26.7 Å². The van der Waals surface area contributed by atoms with Crippen LogP contribution in [0.1, 0.15) is 10.4 Å². The van der Waals surface area contributed by atoms with Crippen molar-refractivity contribution in [3.63, 3.8) is 0 Å². The van der Waals surface area contributed by atoms with Gasteiger partial charge in [-0.15, -0.1) is 0 Å². The number of carbonyl (C=O) groups is 1. The minimum absolute atomic E-state index is 0.167. The molecule has 0 saturated heterocycles. The molecule has 16 heavy (non-hydrogen) atoms. The Morgan fingerprint density at radius 2 is 1.69 bits per heavy atom. The summed E-state index contributed by atoms with van der Waals surface area (Å²) in [6.07, 6.45) is 0. The Hall–Kier alpha value is -1.88. The lowest BCUT2D eigenvalue weighted by Crippen LogP contribution is -2.34. The molecule has 4 nitrogen and oxygen atoms in total. The number of rotatable bonds is 0. The van der Waals surface area contributed by atoms with E-state index in [4.69, 9.17) is 0 Å². The van der Waals surface area contributed by atoms with Crippen molar-refractivity contribution < 1.29 is 13.2 Å². The van der Waals surface area contributed by atoms with Crippen LogP contribution in [0.5, 0.6) is 0 Å². The fourth-order valence-electron chi connectivity index (χ4n) is 1.95. The molecule has 1 N–H and O–H groups in total. The Balaban J connectivity index is 2.63. The summed E-state index contributed by atoms with van der Waals surface area (Å²) in [6.45, 7) is 0. The average molecular weight is 233 g/mol. The number of hydrogen-bond acceptors (Lipinski definition) is 3. The maximum absolute atomic E-state index is 11.7. The highest BCUT2D eigenvalue weighted by Crippen LogP contribution is 2.29. The summed E-state index contributed by atoms with van der Waals surface area (Å²) >= 11 is 0. The monoisotopic (exact) mass is 233 g/mol. The van der Waals surface area contributed by atoms with Gasteiger partial charge in [-0.3, -0.25) is 4.79 Å². The summed E-state index contributed by atoms with van der Waals surface area (Å²) in [6, 6.07) is 10.1. The number of carbonyl (C=O) groups excluding carboxylic acids is 1. The molecule has 0 atom stereocenters. The van der Waals surface area contributed by atoms with E-state index in [1.807, 2.05) is 4.72 Å². The van der Waals surface area contributed by atoms with Gasteiger partial charge in [-0.05, 0) is 17.5 Å². The first kappa shape index (κ1) is 9.35. The summed E-state index contributed by atoms with van der Waals surface area (Å²) in [5, 5.41) is 1.27. The van der Waals surface area contributed by atoms with Crippen LogP contribution in [0.2, 0.25) is 0 Å². The number of sulfonamides is 1. The van der Waals surface area contributed by atoms with Gasteiger partial charge in [-0.25, -0.2) is 13.1 Å². The standard InChI is InChI=1S/C11H7NO3S/c13-11-8-5-1-3-7-4-2-6-9(10(7)8)16(14,15)12-11/h1-6H,(H,12,13). The van der Waals surface area contributed by atoms with Crippen molar-refractivity contribution in [3.8, 4) is 0 Å². The van der Waals surface area contributed by atoms with Gasteiger partial charge in [-0.1, -0.05) is 24.3 Å². The molecule has 0 aliphatic carbocycles. The van der Waals surface area contributed by atoms with Crippen LogP contribution in [0.15, 0.2) is 41.3 Å². The third-order valence-corrected chi connectivity index (χ3v) is 4.00. The molecule has 2 aromatic carbocycles. The molecule has 0 fully saturated rings. The van der Waals surface area contributed by atoms with E-state index < -0.39 is 15.9 Å². The maximum Gasteiger partial charge on any atom is 0.265 e. The third kappa shape index (κ3) is 1.09. The Morgan fingerprint density at radius 1 is 1.00 bits per heavy atom. The number of benzene rings is 2. The second-order valence-corrected chi connectivity index (χ2v) is 5.25. The Labute approximate surface area is 91.9 Å². The average Bonchev–Trinajstić information content (AvgIpc) is 2.25. The smallest absolute Gasteiger partial charge is 0.265 e. The maximum atomic E-state index is 11.7. The lowest BCUT2D eigenvalue weighted by atomic mass is 10.0. The predicted molar refractivity (Wildman–Crippen MR) is 58.6 cm³/mol. The van der Waals surface area contributed by atoms with Gasteiger partial charge in [0.1, 0.15) is 0 Å². The van der Waals surface area contributed by atoms with Crippen molar-refractivity contribution in [3.05, 3.63) is 42.0 Å². The zero-order valence-electron chi connectivity index (χ0n) is 8.10. The van der Waals surface area contributed by atoms with Gasteiger partial charge in [-0.2, -0.15) is 0 Å². The molecule has 1 aliphatic rings. The van der Waals surface area contributed by atoms with E-state index in [2.05, 4.69) is 0 Å².